The van der Waals surface area contributed by atoms with E-state index in [-0.39, 0.29) is 12.0 Å². The summed E-state index contributed by atoms with van der Waals surface area (Å²) in [5.41, 5.74) is 2.80. The van der Waals surface area contributed by atoms with Crippen LogP contribution in [0.3, 0.4) is 0 Å². The number of hydrogen-bond acceptors (Lipinski definition) is 6. The Kier molecular flexibility index (Phi) is 4.73. The fourth-order valence-corrected chi connectivity index (χ4v) is 3.74. The van der Waals surface area contributed by atoms with Crippen LogP contribution in [0.1, 0.15) is 38.3 Å². The van der Waals surface area contributed by atoms with Crippen molar-refractivity contribution in [1.29, 1.82) is 0 Å². The number of aliphatic hydroxyl groups excluding tert-OH is 1. The van der Waals surface area contributed by atoms with E-state index in [1.807, 2.05) is 0 Å². The summed E-state index contributed by atoms with van der Waals surface area (Å²) in [6.07, 6.45) is 3.77. The molecule has 0 radical (unpaired) electrons. The fraction of sp³-hybridized carbons (Fsp3) is 0.706. The Labute approximate surface area is 143 Å². The topological polar surface area (TPSA) is 69.8 Å². The number of hydrogen-bond donors (Lipinski definition) is 1. The largest absolute Gasteiger partial charge is 0.396 e. The number of aliphatic hydroxyl groups is 1. The number of piperidine rings is 1. The van der Waals surface area contributed by atoms with Crippen LogP contribution in [0.4, 0.5) is 5.69 Å². The van der Waals surface area contributed by atoms with Crippen molar-refractivity contribution < 1.29 is 5.11 Å². The predicted octanol–water partition coefficient (Wildman–Crippen LogP) is 1.39. The molecule has 1 atom stereocenters. The van der Waals surface area contributed by atoms with Gasteiger partial charge in [-0.25, -0.2) is 0 Å². The zero-order valence-corrected chi connectivity index (χ0v) is 15.1. The summed E-state index contributed by atoms with van der Waals surface area (Å²) < 4.78 is 1.77. The summed E-state index contributed by atoms with van der Waals surface area (Å²) in [5, 5.41) is 23.0. The van der Waals surface area contributed by atoms with Crippen molar-refractivity contribution in [2.45, 2.75) is 32.6 Å². The fourth-order valence-electron chi connectivity index (χ4n) is 3.74. The molecule has 1 aliphatic rings. The van der Waals surface area contributed by atoms with E-state index in [4.69, 9.17) is 0 Å². The molecule has 0 bridgehead atoms. The first-order valence-corrected chi connectivity index (χ1v) is 8.66. The summed E-state index contributed by atoms with van der Waals surface area (Å²) in [6, 6.07) is 2.14. The lowest BCUT2D eigenvalue weighted by Crippen LogP contribution is -2.50. The molecule has 132 valence electrons. The average Bonchev–Trinajstić information content (AvgIpc) is 3.01. The Morgan fingerprint density at radius 1 is 1.38 bits per heavy atom. The minimum atomic E-state index is -0.0972. The van der Waals surface area contributed by atoms with Gasteiger partial charge in [0.25, 0.3) is 0 Å². The van der Waals surface area contributed by atoms with E-state index in [2.05, 4.69) is 59.1 Å². The van der Waals surface area contributed by atoms with Gasteiger partial charge in [-0.05, 0) is 38.9 Å². The average molecular weight is 332 g/mol. The van der Waals surface area contributed by atoms with Gasteiger partial charge < -0.3 is 14.9 Å². The molecule has 0 aliphatic carbocycles. The number of rotatable bonds is 5. The lowest BCUT2D eigenvalue weighted by atomic mass is 9.80. The van der Waals surface area contributed by atoms with Crippen LogP contribution in [0.15, 0.2) is 12.4 Å². The highest BCUT2D eigenvalue weighted by molar-refractivity contribution is 5.68. The monoisotopic (exact) mass is 332 g/mol. The summed E-state index contributed by atoms with van der Waals surface area (Å²) in [6.45, 7) is 7.16. The molecule has 1 fully saturated rings. The molecule has 0 spiro atoms. The molecule has 2 aromatic rings. The van der Waals surface area contributed by atoms with E-state index >= 15 is 0 Å². The van der Waals surface area contributed by atoms with Gasteiger partial charge in [0, 0.05) is 25.0 Å². The molecule has 7 heteroatoms. The van der Waals surface area contributed by atoms with Gasteiger partial charge in [0.15, 0.2) is 0 Å². The molecule has 1 N–H and O–H groups in total. The van der Waals surface area contributed by atoms with Gasteiger partial charge in [0.2, 0.25) is 5.65 Å². The Balaban J connectivity index is 1.98. The van der Waals surface area contributed by atoms with Crippen LogP contribution in [0, 0.1) is 5.41 Å². The molecule has 2 aromatic heterocycles. The van der Waals surface area contributed by atoms with Crippen molar-refractivity contribution >= 4 is 11.3 Å². The minimum Gasteiger partial charge on any atom is -0.396 e. The first-order valence-electron chi connectivity index (χ1n) is 8.66. The third-order valence-electron chi connectivity index (χ3n) is 4.85. The lowest BCUT2D eigenvalue weighted by Gasteiger charge is -2.44. The minimum absolute atomic E-state index is 0.0972. The first-order chi connectivity index (χ1) is 11.4. The molecule has 1 aliphatic heterocycles. The third kappa shape index (κ3) is 3.23. The maximum absolute atomic E-state index is 10.1. The van der Waals surface area contributed by atoms with E-state index in [1.54, 1.807) is 10.8 Å². The highest BCUT2D eigenvalue weighted by Gasteiger charge is 2.36. The van der Waals surface area contributed by atoms with Crippen LogP contribution >= 0.6 is 0 Å². The molecule has 1 saturated heterocycles. The molecule has 1 unspecified atom stereocenters. The van der Waals surface area contributed by atoms with E-state index < -0.39 is 0 Å². The smallest absolute Gasteiger partial charge is 0.200 e. The Morgan fingerprint density at radius 3 is 2.83 bits per heavy atom. The van der Waals surface area contributed by atoms with Crippen LogP contribution in [0.5, 0.6) is 0 Å². The molecule has 0 amide bonds. The van der Waals surface area contributed by atoms with Crippen molar-refractivity contribution in [3.63, 3.8) is 0 Å². The van der Waals surface area contributed by atoms with Gasteiger partial charge >= 0.3 is 0 Å². The van der Waals surface area contributed by atoms with Gasteiger partial charge in [-0.2, -0.15) is 9.61 Å². The number of aromatic nitrogens is 4. The van der Waals surface area contributed by atoms with Crippen molar-refractivity contribution in [3.05, 3.63) is 18.1 Å². The summed E-state index contributed by atoms with van der Waals surface area (Å²) in [4.78, 5) is 4.51. The van der Waals surface area contributed by atoms with E-state index in [0.717, 1.165) is 49.5 Å². The van der Waals surface area contributed by atoms with Gasteiger partial charge in [-0.1, -0.05) is 13.8 Å². The number of anilines is 1. The summed E-state index contributed by atoms with van der Waals surface area (Å²) >= 11 is 0. The zero-order chi connectivity index (χ0) is 17.3. The van der Waals surface area contributed by atoms with Crippen LogP contribution in [-0.4, -0.2) is 70.2 Å². The lowest BCUT2D eigenvalue weighted by molar-refractivity contribution is 0.0763. The Hall–Kier alpha value is -1.73. The Bertz CT molecular complexity index is 697. The summed E-state index contributed by atoms with van der Waals surface area (Å²) in [5.74, 6) is 0.338. The Morgan fingerprint density at radius 2 is 2.17 bits per heavy atom. The van der Waals surface area contributed by atoms with Gasteiger partial charge in [-0.3, -0.25) is 0 Å². The zero-order valence-electron chi connectivity index (χ0n) is 15.1. The van der Waals surface area contributed by atoms with Crippen molar-refractivity contribution in [1.82, 2.24) is 24.7 Å². The van der Waals surface area contributed by atoms with E-state index in [9.17, 15) is 5.11 Å². The van der Waals surface area contributed by atoms with Crippen LogP contribution in [0.2, 0.25) is 0 Å². The normalized spacial score (nSPS) is 22.0. The molecular formula is C17H28N6O. The first kappa shape index (κ1) is 17.1. The van der Waals surface area contributed by atoms with E-state index in [1.165, 1.54) is 0 Å². The van der Waals surface area contributed by atoms with Crippen molar-refractivity contribution in [2.24, 2.45) is 5.41 Å². The second kappa shape index (κ2) is 6.64. The maximum Gasteiger partial charge on any atom is 0.200 e. The number of nitrogens with zero attached hydrogens (tertiary/aromatic N) is 6. The van der Waals surface area contributed by atoms with Crippen LogP contribution < -0.4 is 4.90 Å². The second-order valence-corrected chi connectivity index (χ2v) is 7.63. The standard InChI is InChI=1S/C17H28N6O/c1-13(2)14-8-15(16-19-18-12-23(16)20-14)22-7-5-6-17(10-22,11-24)9-21(3)4/h8,12-13,24H,5-7,9-11H2,1-4H3. The molecule has 24 heavy (non-hydrogen) atoms. The molecular weight excluding hydrogens is 304 g/mol. The van der Waals surface area contributed by atoms with Gasteiger partial charge in [0.05, 0.1) is 18.0 Å². The van der Waals surface area contributed by atoms with Gasteiger partial charge in [-0.15, -0.1) is 10.2 Å². The number of fused-ring (bicyclic) bond motifs is 1. The molecule has 3 rings (SSSR count). The SMILES string of the molecule is CC(C)c1cc(N2CCCC(CO)(CN(C)C)C2)c2nncn2n1. The molecule has 0 saturated carbocycles. The maximum atomic E-state index is 10.1. The second-order valence-electron chi connectivity index (χ2n) is 7.63. The quantitative estimate of drug-likeness (QED) is 0.892. The highest BCUT2D eigenvalue weighted by Crippen LogP contribution is 2.34. The molecule has 3 heterocycles. The van der Waals surface area contributed by atoms with Crippen molar-refractivity contribution in [2.75, 3.05) is 45.2 Å². The van der Waals surface area contributed by atoms with Crippen LogP contribution in [0.25, 0.3) is 5.65 Å². The van der Waals surface area contributed by atoms with Crippen LogP contribution in [-0.2, 0) is 0 Å². The molecule has 7 nitrogen and oxygen atoms in total. The summed E-state index contributed by atoms with van der Waals surface area (Å²) in [7, 11) is 4.13. The molecule has 0 aromatic carbocycles. The highest BCUT2D eigenvalue weighted by atomic mass is 16.3. The van der Waals surface area contributed by atoms with Crippen molar-refractivity contribution in [3.8, 4) is 0 Å². The van der Waals surface area contributed by atoms with E-state index in [0.29, 0.717) is 5.92 Å². The third-order valence-corrected chi connectivity index (χ3v) is 4.85. The van der Waals surface area contributed by atoms with Gasteiger partial charge in [0.1, 0.15) is 6.33 Å². The predicted molar refractivity (Wildman–Crippen MR) is 94.4 cm³/mol.